The highest BCUT2D eigenvalue weighted by atomic mass is 16.3. The Labute approximate surface area is 32.9 Å². The quantitative estimate of drug-likeness (QED) is 0.349. The highest BCUT2D eigenvalue weighted by molar-refractivity contribution is 4.37. The van der Waals surface area contributed by atoms with Crippen molar-refractivity contribution in [2.75, 3.05) is 0 Å². The molecule has 1 rings (SSSR count). The molecule has 0 fully saturated rings. The Balaban J connectivity index is 3.48. The first-order chi connectivity index (χ1) is 2.73. The molecule has 0 saturated heterocycles. The number of hydrogen-bond acceptors (Lipinski definition) is 2. The lowest BCUT2D eigenvalue weighted by molar-refractivity contribution is -0.500. The van der Waals surface area contributed by atoms with E-state index in [-0.39, 0.29) is 4.54 Å². The Morgan fingerprint density at radius 2 is 2.00 bits per heavy atom. The predicted molar refractivity (Wildman–Crippen MR) is 17.4 cm³/mol. The molecule has 0 saturated carbocycles. The van der Waals surface area contributed by atoms with Gasteiger partial charge in [-0.1, -0.05) is 0 Å². The normalized spacial score (nSPS) is 10.2. The average Bonchev–Trinajstić information content (AvgIpc) is 1.94. The highest BCUT2D eigenvalue weighted by Gasteiger charge is 2.23. The van der Waals surface area contributed by atoms with Crippen LogP contribution in [0, 0.1) is 4.91 Å². The summed E-state index contributed by atoms with van der Waals surface area (Å²) in [5.74, 6) is 0. The van der Waals surface area contributed by atoms with Crippen LogP contribution in [-0.2, 0) is 7.05 Å². The van der Waals surface area contributed by atoms with Gasteiger partial charge in [0.05, 0.1) is 0 Å². The van der Waals surface area contributed by atoms with Gasteiger partial charge in [0.15, 0.2) is 0 Å². The summed E-state index contributed by atoms with van der Waals surface area (Å²) in [6.45, 7) is 0. The molecule has 1 aromatic rings. The van der Waals surface area contributed by atoms with Crippen LogP contribution >= 0.6 is 0 Å². The van der Waals surface area contributed by atoms with Crippen LogP contribution in [0.5, 0.6) is 0 Å². The maximum absolute atomic E-state index is 9.76. The molecular formula is C2H3N2O2+. The molecular weight excluding hydrogens is 84.0 g/mol. The Kier molecular flexibility index (Phi) is 0.321. The van der Waals surface area contributed by atoms with Crippen LogP contribution in [0.4, 0.5) is 0 Å². The van der Waals surface area contributed by atoms with Crippen LogP contribution in [-0.4, -0.2) is 4.68 Å². The van der Waals surface area contributed by atoms with Crippen molar-refractivity contribution in [3.05, 3.63) is 15.4 Å². The molecule has 0 amide bonds. The van der Waals surface area contributed by atoms with E-state index in [2.05, 4.69) is 0 Å². The van der Waals surface area contributed by atoms with E-state index in [1.807, 2.05) is 0 Å². The summed E-state index contributed by atoms with van der Waals surface area (Å²) in [4.78, 5) is 19.5. The molecule has 0 aromatic carbocycles. The van der Waals surface area contributed by atoms with Crippen molar-refractivity contribution < 1.29 is 4.54 Å². The summed E-state index contributed by atoms with van der Waals surface area (Å²) in [6, 6.07) is 0. The second-order valence-corrected chi connectivity index (χ2v) is 1.08. The van der Waals surface area contributed by atoms with Gasteiger partial charge >= 0.3 is 5.69 Å². The zero-order valence-corrected chi connectivity index (χ0v) is 3.21. The van der Waals surface area contributed by atoms with E-state index in [1.165, 1.54) is 7.05 Å². The summed E-state index contributed by atoms with van der Waals surface area (Å²) >= 11 is 0. The van der Waals surface area contributed by atoms with Crippen molar-refractivity contribution in [2.45, 2.75) is 0 Å². The highest BCUT2D eigenvalue weighted by Crippen LogP contribution is 1.43. The van der Waals surface area contributed by atoms with Crippen molar-refractivity contribution in [1.29, 1.82) is 0 Å². The number of hydrogen-bond donors (Lipinski definition) is 0. The van der Waals surface area contributed by atoms with Crippen molar-refractivity contribution in [3.8, 4) is 0 Å². The lowest BCUT2D eigenvalue weighted by Crippen LogP contribution is -2.06. The van der Waals surface area contributed by atoms with Gasteiger partial charge in [-0.25, -0.2) is 0 Å². The van der Waals surface area contributed by atoms with E-state index < -0.39 is 5.69 Å². The van der Waals surface area contributed by atoms with E-state index in [9.17, 15) is 9.70 Å². The van der Waals surface area contributed by atoms with Crippen LogP contribution in [0.3, 0.4) is 0 Å². The van der Waals surface area contributed by atoms with Crippen molar-refractivity contribution >= 4 is 0 Å². The minimum atomic E-state index is -0.463. The van der Waals surface area contributed by atoms with Crippen LogP contribution < -0.4 is 10.2 Å². The second-order valence-electron chi connectivity index (χ2n) is 1.08. The second kappa shape index (κ2) is 0.589. The van der Waals surface area contributed by atoms with Crippen molar-refractivity contribution in [2.24, 2.45) is 7.05 Å². The predicted octanol–water partition coefficient (Wildman–Crippen LogP) is -1.82. The molecule has 0 spiro atoms. The van der Waals surface area contributed by atoms with Gasteiger partial charge in [0.25, 0.3) is 0 Å². The van der Waals surface area contributed by atoms with Gasteiger partial charge in [0, 0.05) is 4.68 Å². The van der Waals surface area contributed by atoms with E-state index in [0.29, 0.717) is 0 Å². The van der Waals surface area contributed by atoms with E-state index >= 15 is 0 Å². The van der Waals surface area contributed by atoms with Gasteiger partial charge < -0.3 is 0 Å². The third kappa shape index (κ3) is 0.160. The largest absolute Gasteiger partial charge is 0.620 e. The number of nitrogens with zero attached hydrogens (tertiary/aromatic N) is 2. The number of rotatable bonds is 0. The third-order valence-electron chi connectivity index (χ3n) is 0.674. The van der Waals surface area contributed by atoms with Gasteiger partial charge in [0.2, 0.25) is 4.54 Å². The summed E-state index contributed by atoms with van der Waals surface area (Å²) < 4.78 is 1.25. The fraction of sp³-hybridized carbons (Fsp3) is 0.500. The van der Waals surface area contributed by atoms with Crippen LogP contribution in [0.15, 0.2) is 4.79 Å². The Morgan fingerprint density at radius 3 is 2.00 bits per heavy atom. The third-order valence-corrected chi connectivity index (χ3v) is 0.674. The molecule has 0 atom stereocenters. The minimum absolute atomic E-state index is 0.278. The molecule has 6 heavy (non-hydrogen) atoms. The molecule has 0 aliphatic carbocycles. The fourth-order valence-corrected chi connectivity index (χ4v) is 0.182. The fourth-order valence-electron chi connectivity index (χ4n) is 0.182. The van der Waals surface area contributed by atoms with Gasteiger partial charge in [-0.3, -0.25) is 0 Å². The van der Waals surface area contributed by atoms with Gasteiger partial charge in [-0.15, -0.1) is 0 Å². The number of aromatic nitrogens is 2. The molecule has 1 aromatic heterocycles. The first-order valence-corrected chi connectivity index (χ1v) is 1.48. The maximum Gasteiger partial charge on any atom is 0.620 e. The van der Waals surface area contributed by atoms with Crippen molar-refractivity contribution in [1.82, 2.24) is 4.68 Å². The molecule has 4 nitrogen and oxygen atoms in total. The summed E-state index contributed by atoms with van der Waals surface area (Å²) in [6.07, 6.45) is 0. The van der Waals surface area contributed by atoms with Crippen molar-refractivity contribution in [3.63, 3.8) is 0 Å². The first kappa shape index (κ1) is 3.27. The molecule has 0 radical (unpaired) electrons. The lowest BCUT2D eigenvalue weighted by atomic mass is 11.3. The topological polar surface area (TPSA) is 45.0 Å². The SMILES string of the molecule is Cn1c(=O)[n+]1=O. The van der Waals surface area contributed by atoms with E-state index in [1.54, 1.807) is 0 Å². The zero-order chi connectivity index (χ0) is 4.73. The Hall–Kier alpha value is -0.930. The van der Waals surface area contributed by atoms with E-state index in [4.69, 9.17) is 0 Å². The molecule has 0 aliphatic heterocycles. The molecule has 32 valence electrons. The average molecular weight is 87.1 g/mol. The summed E-state index contributed by atoms with van der Waals surface area (Å²) in [5.41, 5.74) is -0.463. The van der Waals surface area contributed by atoms with Crippen LogP contribution in [0.2, 0.25) is 0 Å². The maximum atomic E-state index is 9.76. The first-order valence-electron chi connectivity index (χ1n) is 1.48. The van der Waals surface area contributed by atoms with Gasteiger partial charge in [0.1, 0.15) is 7.05 Å². The molecule has 0 aliphatic rings. The minimum Gasteiger partial charge on any atom is -0.187 e. The molecule has 4 heteroatoms. The molecule has 0 unspecified atom stereocenters. The molecule has 1 heterocycles. The monoisotopic (exact) mass is 87.0 g/mol. The standard InChI is InChI=1S/C2H3N2O2/c1-3-2(5)4(3)6/h1H3/q+1. The Bertz CT molecular complexity index is 191. The molecule has 0 bridgehead atoms. The zero-order valence-electron chi connectivity index (χ0n) is 3.21. The van der Waals surface area contributed by atoms with Crippen LogP contribution in [0.25, 0.3) is 0 Å². The lowest BCUT2D eigenvalue weighted by Gasteiger charge is -1.32. The molecule has 0 N–H and O–H groups in total. The Morgan fingerprint density at radius 1 is 1.83 bits per heavy atom. The van der Waals surface area contributed by atoms with Crippen LogP contribution in [0.1, 0.15) is 0 Å². The van der Waals surface area contributed by atoms with E-state index in [0.717, 1.165) is 4.68 Å². The summed E-state index contributed by atoms with van der Waals surface area (Å²) in [5, 5.41) is 0. The van der Waals surface area contributed by atoms with Gasteiger partial charge in [-0.05, 0) is 4.91 Å². The summed E-state index contributed by atoms with van der Waals surface area (Å²) in [7, 11) is 1.41. The van der Waals surface area contributed by atoms with Gasteiger partial charge in [-0.2, -0.15) is 4.79 Å². The smallest absolute Gasteiger partial charge is 0.187 e.